The molecular formula is C15H17N3O2. The van der Waals surface area contributed by atoms with Gasteiger partial charge in [-0.3, -0.25) is 4.98 Å². The predicted molar refractivity (Wildman–Crippen MR) is 78.1 cm³/mol. The molecule has 104 valence electrons. The van der Waals surface area contributed by atoms with Gasteiger partial charge in [0.05, 0.1) is 5.52 Å². The van der Waals surface area contributed by atoms with E-state index in [1.807, 2.05) is 25.3 Å². The Labute approximate surface area is 117 Å². The first-order valence-electron chi connectivity index (χ1n) is 6.72. The number of likely N-dealkylation sites (tertiary alicyclic amines) is 1. The molecule has 5 nitrogen and oxygen atoms in total. The number of carbonyl (C=O) groups is 1. The summed E-state index contributed by atoms with van der Waals surface area (Å²) in [5.74, 6) is 0. The van der Waals surface area contributed by atoms with Crippen molar-refractivity contribution in [3.8, 4) is 0 Å². The fourth-order valence-corrected chi connectivity index (χ4v) is 2.62. The number of carboxylic acid groups (broad SMARTS) is 1. The first kappa shape index (κ1) is 12.7. The molecule has 1 fully saturated rings. The number of nitrogens with one attached hydrogen (secondary N) is 1. The average Bonchev–Trinajstić information content (AvgIpc) is 2.87. The summed E-state index contributed by atoms with van der Waals surface area (Å²) >= 11 is 0. The van der Waals surface area contributed by atoms with Crippen LogP contribution in [0.4, 0.5) is 10.5 Å². The zero-order chi connectivity index (χ0) is 14.1. The Morgan fingerprint density at radius 2 is 2.30 bits per heavy atom. The number of hydrogen-bond donors (Lipinski definition) is 2. The Bertz CT molecular complexity index is 657. The second-order valence-electron chi connectivity index (χ2n) is 5.28. The van der Waals surface area contributed by atoms with E-state index < -0.39 is 6.09 Å². The van der Waals surface area contributed by atoms with Crippen LogP contribution in [0.1, 0.15) is 12.0 Å². The number of hydrogen-bond acceptors (Lipinski definition) is 3. The molecule has 1 aliphatic rings. The molecule has 1 aliphatic heterocycles. The number of amides is 1. The molecule has 0 saturated carbocycles. The summed E-state index contributed by atoms with van der Waals surface area (Å²) in [6, 6.07) is 8.33. The molecule has 0 aliphatic carbocycles. The van der Waals surface area contributed by atoms with Crippen LogP contribution in [0.3, 0.4) is 0 Å². The maximum Gasteiger partial charge on any atom is 0.407 e. The molecule has 1 aromatic carbocycles. The molecule has 1 saturated heterocycles. The highest BCUT2D eigenvalue weighted by Gasteiger charge is 2.25. The van der Waals surface area contributed by atoms with Gasteiger partial charge in [0.1, 0.15) is 0 Å². The Balaban J connectivity index is 1.76. The number of pyridine rings is 1. The van der Waals surface area contributed by atoms with Crippen LogP contribution < -0.4 is 5.32 Å². The van der Waals surface area contributed by atoms with Gasteiger partial charge in [0, 0.05) is 36.4 Å². The van der Waals surface area contributed by atoms with E-state index in [2.05, 4.69) is 22.4 Å². The van der Waals surface area contributed by atoms with E-state index in [1.54, 1.807) is 0 Å². The molecule has 2 N–H and O–H groups in total. The van der Waals surface area contributed by atoms with Gasteiger partial charge in [-0.2, -0.15) is 0 Å². The van der Waals surface area contributed by atoms with Gasteiger partial charge in [0.2, 0.25) is 0 Å². The third-order valence-electron chi connectivity index (χ3n) is 3.65. The first-order valence-corrected chi connectivity index (χ1v) is 6.72. The van der Waals surface area contributed by atoms with Crippen LogP contribution in [-0.4, -0.2) is 40.2 Å². The Morgan fingerprint density at radius 3 is 3.05 bits per heavy atom. The number of fused-ring (bicyclic) bond motifs is 1. The molecule has 1 amide bonds. The summed E-state index contributed by atoms with van der Waals surface area (Å²) in [4.78, 5) is 16.7. The van der Waals surface area contributed by atoms with Crippen molar-refractivity contribution in [2.45, 2.75) is 19.4 Å². The monoisotopic (exact) mass is 271 g/mol. The lowest BCUT2D eigenvalue weighted by atomic mass is 10.1. The molecule has 0 spiro atoms. The van der Waals surface area contributed by atoms with Gasteiger partial charge in [-0.25, -0.2) is 4.79 Å². The number of aryl methyl sites for hydroxylation is 1. The zero-order valence-electron chi connectivity index (χ0n) is 11.3. The van der Waals surface area contributed by atoms with Gasteiger partial charge >= 0.3 is 6.09 Å². The molecule has 3 rings (SSSR count). The van der Waals surface area contributed by atoms with Gasteiger partial charge in [-0.05, 0) is 43.2 Å². The Hall–Kier alpha value is -2.30. The lowest BCUT2D eigenvalue weighted by Crippen LogP contribution is -2.30. The van der Waals surface area contributed by atoms with Gasteiger partial charge in [0.25, 0.3) is 0 Å². The van der Waals surface area contributed by atoms with Crippen molar-refractivity contribution in [3.63, 3.8) is 0 Å². The van der Waals surface area contributed by atoms with E-state index in [0.29, 0.717) is 13.1 Å². The van der Waals surface area contributed by atoms with Gasteiger partial charge in [-0.1, -0.05) is 0 Å². The van der Waals surface area contributed by atoms with E-state index in [1.165, 1.54) is 4.90 Å². The average molecular weight is 271 g/mol. The summed E-state index contributed by atoms with van der Waals surface area (Å²) in [6.07, 6.45) is 1.86. The predicted octanol–water partition coefficient (Wildman–Crippen LogP) is 2.71. The molecule has 20 heavy (non-hydrogen) atoms. The van der Waals surface area contributed by atoms with Crippen LogP contribution in [0.25, 0.3) is 10.9 Å². The minimum absolute atomic E-state index is 0.182. The summed E-state index contributed by atoms with van der Waals surface area (Å²) in [7, 11) is 0. The van der Waals surface area contributed by atoms with E-state index >= 15 is 0 Å². The highest BCUT2D eigenvalue weighted by atomic mass is 16.4. The molecule has 0 radical (unpaired) electrons. The minimum atomic E-state index is -0.840. The summed E-state index contributed by atoms with van der Waals surface area (Å²) in [6.45, 7) is 3.16. The number of benzene rings is 1. The van der Waals surface area contributed by atoms with Crippen LogP contribution in [-0.2, 0) is 0 Å². The SMILES string of the molecule is Cc1cnc2ccc(NC3CCN(C(=O)O)C3)cc2c1. The maximum atomic E-state index is 10.9. The van der Waals surface area contributed by atoms with Crippen molar-refractivity contribution < 1.29 is 9.90 Å². The third-order valence-corrected chi connectivity index (χ3v) is 3.65. The van der Waals surface area contributed by atoms with E-state index in [0.717, 1.165) is 28.6 Å². The van der Waals surface area contributed by atoms with Gasteiger partial charge < -0.3 is 15.3 Å². The topological polar surface area (TPSA) is 65.5 Å². The van der Waals surface area contributed by atoms with Crippen molar-refractivity contribution in [2.75, 3.05) is 18.4 Å². The van der Waals surface area contributed by atoms with Crippen molar-refractivity contribution >= 4 is 22.7 Å². The lowest BCUT2D eigenvalue weighted by molar-refractivity contribution is 0.155. The molecule has 0 bridgehead atoms. The van der Waals surface area contributed by atoms with Crippen molar-refractivity contribution in [1.29, 1.82) is 0 Å². The number of anilines is 1. The zero-order valence-corrected chi connectivity index (χ0v) is 11.3. The van der Waals surface area contributed by atoms with E-state index in [9.17, 15) is 4.79 Å². The van der Waals surface area contributed by atoms with Crippen molar-refractivity contribution in [3.05, 3.63) is 36.0 Å². The van der Waals surface area contributed by atoms with Crippen LogP contribution in [0.5, 0.6) is 0 Å². The smallest absolute Gasteiger partial charge is 0.407 e. The van der Waals surface area contributed by atoms with E-state index in [-0.39, 0.29) is 6.04 Å². The summed E-state index contributed by atoms with van der Waals surface area (Å²) in [5.41, 5.74) is 3.12. The molecule has 2 aromatic rings. The van der Waals surface area contributed by atoms with Crippen molar-refractivity contribution in [2.24, 2.45) is 0 Å². The molecular weight excluding hydrogens is 254 g/mol. The molecule has 1 unspecified atom stereocenters. The summed E-state index contributed by atoms with van der Waals surface area (Å²) in [5, 5.41) is 13.5. The van der Waals surface area contributed by atoms with Crippen LogP contribution in [0.2, 0.25) is 0 Å². The highest BCUT2D eigenvalue weighted by Crippen LogP contribution is 2.21. The van der Waals surface area contributed by atoms with Crippen LogP contribution in [0.15, 0.2) is 30.5 Å². The van der Waals surface area contributed by atoms with E-state index in [4.69, 9.17) is 5.11 Å². The first-order chi connectivity index (χ1) is 9.61. The minimum Gasteiger partial charge on any atom is -0.465 e. The largest absolute Gasteiger partial charge is 0.465 e. The van der Waals surface area contributed by atoms with Gasteiger partial charge in [-0.15, -0.1) is 0 Å². The standard InChI is InChI=1S/C15H17N3O2/c1-10-6-11-7-12(2-3-14(11)16-8-10)17-13-4-5-18(9-13)15(19)20/h2-3,6-8,13,17H,4-5,9H2,1H3,(H,19,20). The number of rotatable bonds is 2. The maximum absolute atomic E-state index is 10.9. The van der Waals surface area contributed by atoms with Crippen molar-refractivity contribution in [1.82, 2.24) is 9.88 Å². The normalized spacial score (nSPS) is 18.4. The third kappa shape index (κ3) is 2.52. The Kier molecular flexibility index (Phi) is 3.18. The summed E-state index contributed by atoms with van der Waals surface area (Å²) < 4.78 is 0. The second kappa shape index (κ2) is 5.00. The van der Waals surface area contributed by atoms with Gasteiger partial charge in [0.15, 0.2) is 0 Å². The fraction of sp³-hybridized carbons (Fsp3) is 0.333. The number of aromatic nitrogens is 1. The number of nitrogens with zero attached hydrogens (tertiary/aromatic N) is 2. The quantitative estimate of drug-likeness (QED) is 0.881. The Morgan fingerprint density at radius 1 is 1.45 bits per heavy atom. The molecule has 1 aromatic heterocycles. The molecule has 5 heteroatoms. The molecule has 1 atom stereocenters. The molecule has 2 heterocycles. The van der Waals surface area contributed by atoms with Crippen LogP contribution in [0, 0.1) is 6.92 Å². The van der Waals surface area contributed by atoms with Crippen LogP contribution >= 0.6 is 0 Å². The second-order valence-corrected chi connectivity index (χ2v) is 5.28. The lowest BCUT2D eigenvalue weighted by Gasteiger charge is -2.15. The highest BCUT2D eigenvalue weighted by molar-refractivity contribution is 5.82. The fourth-order valence-electron chi connectivity index (χ4n) is 2.62.